The van der Waals surface area contributed by atoms with Crippen molar-refractivity contribution in [1.29, 1.82) is 0 Å². The van der Waals surface area contributed by atoms with Gasteiger partial charge in [0.15, 0.2) is 6.10 Å². The number of allylic oxidation sites excluding steroid dienone is 12. The van der Waals surface area contributed by atoms with Gasteiger partial charge in [-0.05, 0) is 89.9 Å². The summed E-state index contributed by atoms with van der Waals surface area (Å²) in [5.41, 5.74) is 0. The van der Waals surface area contributed by atoms with E-state index in [1.807, 2.05) is 0 Å². The average molecular weight is 992 g/mol. The molecule has 410 valence electrons. The van der Waals surface area contributed by atoms with Crippen LogP contribution in [0, 0.1) is 0 Å². The molecule has 6 heteroatoms. The van der Waals surface area contributed by atoms with Crippen LogP contribution < -0.4 is 0 Å². The topological polar surface area (TPSA) is 78.9 Å². The lowest BCUT2D eigenvalue weighted by molar-refractivity contribution is -0.167. The summed E-state index contributed by atoms with van der Waals surface area (Å²) in [5, 5.41) is 0. The molecule has 0 fully saturated rings. The molecule has 0 spiro atoms. The quantitative estimate of drug-likeness (QED) is 0.0261. The Hall–Kier alpha value is -3.15. The summed E-state index contributed by atoms with van der Waals surface area (Å²) in [6.07, 6.45) is 76.5. The number of hydrogen-bond donors (Lipinski definition) is 0. The van der Waals surface area contributed by atoms with Gasteiger partial charge in [-0.15, -0.1) is 0 Å². The van der Waals surface area contributed by atoms with Crippen molar-refractivity contribution in [1.82, 2.24) is 0 Å². The first kappa shape index (κ1) is 67.8. The minimum atomic E-state index is -0.773. The third-order valence-electron chi connectivity index (χ3n) is 13.2. The lowest BCUT2D eigenvalue weighted by Crippen LogP contribution is -2.30. The average Bonchev–Trinajstić information content (AvgIpc) is 3.37. The SMILES string of the molecule is CC/C=C\C/C=C\C/C=C\C/C=C\C/C=C\CCCCCCCCCCCCCCCC(=O)OCC(COC(=O)CCCCCCCC)OC(=O)CCCCCCCCC/C=C\CCCCCCCCC. The molecule has 0 saturated heterocycles. The summed E-state index contributed by atoms with van der Waals surface area (Å²) >= 11 is 0. The Morgan fingerprint density at radius 3 is 0.873 bits per heavy atom. The summed E-state index contributed by atoms with van der Waals surface area (Å²) < 4.78 is 16.8. The molecule has 0 aliphatic rings. The van der Waals surface area contributed by atoms with E-state index in [0.29, 0.717) is 19.3 Å². The fourth-order valence-corrected chi connectivity index (χ4v) is 8.64. The van der Waals surface area contributed by atoms with Gasteiger partial charge in [-0.2, -0.15) is 0 Å². The van der Waals surface area contributed by atoms with Crippen LogP contribution in [-0.4, -0.2) is 37.2 Å². The molecule has 0 rings (SSSR count). The molecule has 0 aromatic carbocycles. The molecule has 1 atom stereocenters. The van der Waals surface area contributed by atoms with Gasteiger partial charge < -0.3 is 14.2 Å². The maximum absolute atomic E-state index is 12.8. The first-order valence-electron chi connectivity index (χ1n) is 30.4. The van der Waals surface area contributed by atoms with Gasteiger partial charge in [-0.1, -0.05) is 267 Å². The Morgan fingerprint density at radius 2 is 0.549 bits per heavy atom. The van der Waals surface area contributed by atoms with Gasteiger partial charge >= 0.3 is 17.9 Å². The first-order chi connectivity index (χ1) is 35.0. The van der Waals surface area contributed by atoms with Crippen molar-refractivity contribution in [3.05, 3.63) is 72.9 Å². The monoisotopic (exact) mass is 991 g/mol. The molecular weight excluding hydrogens is 877 g/mol. The Kier molecular flexibility index (Phi) is 56.8. The molecule has 0 aliphatic carbocycles. The van der Waals surface area contributed by atoms with Gasteiger partial charge in [0.2, 0.25) is 0 Å². The number of carbonyl (C=O) groups excluding carboxylic acids is 3. The normalized spacial score (nSPS) is 12.5. The molecule has 0 N–H and O–H groups in total. The summed E-state index contributed by atoms with van der Waals surface area (Å²) in [6, 6.07) is 0. The van der Waals surface area contributed by atoms with E-state index in [1.54, 1.807) is 0 Å². The van der Waals surface area contributed by atoms with E-state index in [-0.39, 0.29) is 31.1 Å². The van der Waals surface area contributed by atoms with Crippen molar-refractivity contribution in [3.8, 4) is 0 Å². The van der Waals surface area contributed by atoms with E-state index in [9.17, 15) is 14.4 Å². The number of unbranched alkanes of at least 4 members (excludes halogenated alkanes) is 32. The van der Waals surface area contributed by atoms with Crippen LogP contribution in [-0.2, 0) is 28.6 Å². The predicted molar refractivity (Wildman–Crippen MR) is 307 cm³/mol. The highest BCUT2D eigenvalue weighted by Crippen LogP contribution is 2.16. The zero-order valence-electron chi connectivity index (χ0n) is 47.0. The third kappa shape index (κ3) is 57.6. The van der Waals surface area contributed by atoms with Crippen molar-refractivity contribution < 1.29 is 28.6 Å². The molecule has 0 radical (unpaired) electrons. The number of esters is 3. The number of rotatable bonds is 55. The molecule has 0 aromatic rings. The third-order valence-corrected chi connectivity index (χ3v) is 13.2. The minimum absolute atomic E-state index is 0.0750. The standard InChI is InChI=1S/C65H114O6/c1-4-7-10-13-16-18-20-22-24-26-28-29-30-31-32-33-34-35-36-37-38-40-41-43-45-47-49-52-55-58-64(67)70-61-62(60-69-63(66)57-54-51-15-12-9-6-3)71-65(68)59-56-53-50-48-46-44-42-39-27-25-23-21-19-17-14-11-8-5-2/h7,10,16,18,22,24-25,27-29,31-32,62H,4-6,8-9,11-15,17,19-21,23,26,30,33-61H2,1-3H3/b10-7-,18-16-,24-22-,27-25-,29-28-,32-31-. The van der Waals surface area contributed by atoms with Crippen LogP contribution in [0.4, 0.5) is 0 Å². The van der Waals surface area contributed by atoms with Crippen LogP contribution in [0.1, 0.15) is 303 Å². The lowest BCUT2D eigenvalue weighted by Gasteiger charge is -2.18. The van der Waals surface area contributed by atoms with Crippen molar-refractivity contribution in [2.24, 2.45) is 0 Å². The molecule has 0 bridgehead atoms. The summed E-state index contributed by atoms with van der Waals surface area (Å²) in [4.78, 5) is 37.9. The van der Waals surface area contributed by atoms with Crippen LogP contribution in [0.2, 0.25) is 0 Å². The van der Waals surface area contributed by atoms with Gasteiger partial charge in [0.25, 0.3) is 0 Å². The van der Waals surface area contributed by atoms with E-state index in [1.165, 1.54) is 173 Å². The highest BCUT2D eigenvalue weighted by Gasteiger charge is 2.19. The van der Waals surface area contributed by atoms with Gasteiger partial charge in [-0.3, -0.25) is 14.4 Å². The molecule has 0 aliphatic heterocycles. The van der Waals surface area contributed by atoms with Crippen molar-refractivity contribution >= 4 is 17.9 Å². The van der Waals surface area contributed by atoms with Gasteiger partial charge in [0, 0.05) is 19.3 Å². The Labute approximate surface area is 440 Å². The van der Waals surface area contributed by atoms with Crippen LogP contribution in [0.3, 0.4) is 0 Å². The van der Waals surface area contributed by atoms with E-state index in [4.69, 9.17) is 14.2 Å². The second-order valence-electron chi connectivity index (χ2n) is 20.2. The largest absolute Gasteiger partial charge is 0.462 e. The maximum atomic E-state index is 12.8. The highest BCUT2D eigenvalue weighted by molar-refractivity contribution is 5.71. The molecule has 0 saturated carbocycles. The fraction of sp³-hybridized carbons (Fsp3) is 0.769. The van der Waals surface area contributed by atoms with Crippen LogP contribution >= 0.6 is 0 Å². The van der Waals surface area contributed by atoms with E-state index in [0.717, 1.165) is 89.9 Å². The zero-order valence-corrected chi connectivity index (χ0v) is 47.0. The summed E-state index contributed by atoms with van der Waals surface area (Å²) in [6.45, 7) is 6.49. The Bertz CT molecular complexity index is 1320. The molecule has 0 heterocycles. The molecular formula is C65H114O6. The van der Waals surface area contributed by atoms with E-state index in [2.05, 4.69) is 93.7 Å². The highest BCUT2D eigenvalue weighted by atomic mass is 16.6. The number of ether oxygens (including phenoxy) is 3. The Morgan fingerprint density at radius 1 is 0.296 bits per heavy atom. The number of carbonyl (C=O) groups is 3. The molecule has 6 nitrogen and oxygen atoms in total. The van der Waals surface area contributed by atoms with Gasteiger partial charge in [0.1, 0.15) is 13.2 Å². The molecule has 0 aromatic heterocycles. The van der Waals surface area contributed by atoms with Crippen LogP contribution in [0.5, 0.6) is 0 Å². The number of hydrogen-bond acceptors (Lipinski definition) is 6. The first-order valence-corrected chi connectivity index (χ1v) is 30.4. The second-order valence-corrected chi connectivity index (χ2v) is 20.2. The molecule has 1 unspecified atom stereocenters. The van der Waals surface area contributed by atoms with Gasteiger partial charge in [-0.25, -0.2) is 0 Å². The maximum Gasteiger partial charge on any atom is 0.306 e. The smallest absolute Gasteiger partial charge is 0.306 e. The summed E-state index contributed by atoms with van der Waals surface area (Å²) in [5.74, 6) is -0.880. The predicted octanol–water partition coefficient (Wildman–Crippen LogP) is 20.5. The van der Waals surface area contributed by atoms with E-state index >= 15 is 0 Å². The second kappa shape index (κ2) is 59.4. The van der Waals surface area contributed by atoms with Gasteiger partial charge in [0.05, 0.1) is 0 Å². The zero-order chi connectivity index (χ0) is 51.4. The fourth-order valence-electron chi connectivity index (χ4n) is 8.64. The molecule has 0 amide bonds. The van der Waals surface area contributed by atoms with E-state index < -0.39 is 6.10 Å². The van der Waals surface area contributed by atoms with Crippen LogP contribution in [0.25, 0.3) is 0 Å². The Balaban J connectivity index is 4.07. The van der Waals surface area contributed by atoms with Crippen molar-refractivity contribution in [2.75, 3.05) is 13.2 Å². The molecule has 71 heavy (non-hydrogen) atoms. The lowest BCUT2D eigenvalue weighted by atomic mass is 10.0. The van der Waals surface area contributed by atoms with Crippen molar-refractivity contribution in [2.45, 2.75) is 309 Å². The van der Waals surface area contributed by atoms with Crippen molar-refractivity contribution in [3.63, 3.8) is 0 Å². The van der Waals surface area contributed by atoms with Crippen LogP contribution in [0.15, 0.2) is 72.9 Å². The summed E-state index contributed by atoms with van der Waals surface area (Å²) in [7, 11) is 0. The minimum Gasteiger partial charge on any atom is -0.462 e.